The van der Waals surface area contributed by atoms with E-state index in [1.54, 1.807) is 19.2 Å². The summed E-state index contributed by atoms with van der Waals surface area (Å²) in [6, 6.07) is 5.38. The largest absolute Gasteiger partial charge is 0.870 e. The molecule has 3 N–H and O–H groups in total. The molecule has 0 aliphatic rings. The molecule has 2 unspecified atom stereocenters. The number of benzene rings is 1. The van der Waals surface area contributed by atoms with E-state index in [1.165, 1.54) is 0 Å². The number of carbonyl (C=O) groups is 1. The summed E-state index contributed by atoms with van der Waals surface area (Å²) in [5.41, 5.74) is 0. The molecule has 0 spiro atoms. The monoisotopic (exact) mass is 523 g/mol. The van der Waals surface area contributed by atoms with Gasteiger partial charge in [0.25, 0.3) is 0 Å². The molecule has 0 fully saturated rings. The van der Waals surface area contributed by atoms with Gasteiger partial charge in [0.1, 0.15) is 29.9 Å². The van der Waals surface area contributed by atoms with E-state index in [2.05, 4.69) is 6.92 Å². The van der Waals surface area contributed by atoms with Crippen LogP contribution in [0.5, 0.6) is 17.2 Å². The number of ether oxygens (including phenoxy) is 3. The number of hydrogen-bond donors (Lipinski definition) is 2. The van der Waals surface area contributed by atoms with E-state index in [1.807, 2.05) is 27.2 Å². The Morgan fingerprint density at radius 2 is 1.49 bits per heavy atom. The number of carboxylic acids is 1. The van der Waals surface area contributed by atoms with Gasteiger partial charge in [0.15, 0.2) is 0 Å². The SMILES string of the molecule is CCCCCOc1cc(OC)cc(OCCCCOP(=O)(O)OC(CC(=O)O)C[N+](C)(C)C)c1.[OH-]. The summed E-state index contributed by atoms with van der Waals surface area (Å²) in [4.78, 5) is 21.0. The van der Waals surface area contributed by atoms with Gasteiger partial charge in [-0.05, 0) is 19.3 Å². The van der Waals surface area contributed by atoms with Crippen LogP contribution in [-0.2, 0) is 18.4 Å². The molecule has 1 aromatic rings. The fraction of sp³-hybridized carbons (Fsp3) is 0.696. The zero-order valence-electron chi connectivity index (χ0n) is 21.5. The van der Waals surface area contributed by atoms with Crippen LogP contribution in [0.1, 0.15) is 45.4 Å². The van der Waals surface area contributed by atoms with Crippen LogP contribution in [0.15, 0.2) is 18.2 Å². The van der Waals surface area contributed by atoms with Crippen molar-refractivity contribution in [2.24, 2.45) is 0 Å². The molecule has 0 amide bonds. The predicted molar refractivity (Wildman–Crippen MR) is 130 cm³/mol. The molecule has 11 nitrogen and oxygen atoms in total. The molecule has 0 aliphatic heterocycles. The Labute approximate surface area is 208 Å². The highest BCUT2D eigenvalue weighted by Gasteiger charge is 2.31. The standard InChI is InChI=1S/C23H40NO9P.H2O/c1-6-7-8-11-30-20-14-19(29-5)15-21(16-20)31-12-9-10-13-32-34(27,28)33-22(17-23(25)26)18-24(2,3)4;/h14-16,22H,6-13,17-18H2,1-5H3,(H-,25,26,27,28);1H2. The molecule has 204 valence electrons. The molecule has 0 heterocycles. The van der Waals surface area contributed by atoms with E-state index < -0.39 is 19.9 Å². The first-order chi connectivity index (χ1) is 15.9. The molecule has 1 aromatic carbocycles. The first-order valence-electron chi connectivity index (χ1n) is 11.6. The zero-order chi connectivity index (χ0) is 25.6. The van der Waals surface area contributed by atoms with Crippen molar-refractivity contribution >= 4 is 13.8 Å². The van der Waals surface area contributed by atoms with Crippen LogP contribution < -0.4 is 14.2 Å². The lowest BCUT2D eigenvalue weighted by Gasteiger charge is -2.29. The number of quaternary nitrogens is 1. The van der Waals surface area contributed by atoms with Crippen LogP contribution in [0.4, 0.5) is 0 Å². The van der Waals surface area contributed by atoms with Gasteiger partial charge in [-0.3, -0.25) is 13.8 Å². The molecule has 0 bridgehead atoms. The summed E-state index contributed by atoms with van der Waals surface area (Å²) in [6.07, 6.45) is 2.91. The van der Waals surface area contributed by atoms with Crippen molar-refractivity contribution in [3.63, 3.8) is 0 Å². The molecule has 0 saturated heterocycles. The lowest BCUT2D eigenvalue weighted by Crippen LogP contribution is -2.42. The molecule has 0 aliphatic carbocycles. The van der Waals surface area contributed by atoms with Crippen LogP contribution in [0, 0.1) is 0 Å². The molecule has 35 heavy (non-hydrogen) atoms. The highest BCUT2D eigenvalue weighted by atomic mass is 31.2. The van der Waals surface area contributed by atoms with Crippen LogP contribution in [0.3, 0.4) is 0 Å². The minimum absolute atomic E-state index is 0. The van der Waals surface area contributed by atoms with Crippen molar-refractivity contribution in [2.45, 2.75) is 51.6 Å². The van der Waals surface area contributed by atoms with Gasteiger partial charge in [-0.15, -0.1) is 0 Å². The van der Waals surface area contributed by atoms with E-state index in [4.69, 9.17) is 28.4 Å². The number of phosphoric ester groups is 1. The molecule has 2 atom stereocenters. The van der Waals surface area contributed by atoms with Crippen molar-refractivity contribution in [1.82, 2.24) is 0 Å². The van der Waals surface area contributed by atoms with Crippen LogP contribution in [0.2, 0.25) is 0 Å². The normalized spacial score (nSPS) is 13.9. The zero-order valence-corrected chi connectivity index (χ0v) is 22.4. The number of likely N-dealkylation sites (N-methyl/N-ethyl adjacent to an activating group) is 1. The molecule has 0 saturated carbocycles. The molecule has 0 aromatic heterocycles. The van der Waals surface area contributed by atoms with Gasteiger partial charge < -0.3 is 34.2 Å². The van der Waals surface area contributed by atoms with Crippen molar-refractivity contribution in [3.8, 4) is 17.2 Å². The van der Waals surface area contributed by atoms with Crippen LogP contribution in [-0.4, -0.2) is 86.7 Å². The number of methoxy groups -OCH3 is 1. The average molecular weight is 524 g/mol. The van der Waals surface area contributed by atoms with Gasteiger partial charge >= 0.3 is 13.8 Å². The maximum atomic E-state index is 12.2. The second kappa shape index (κ2) is 16.7. The Bertz CT molecular complexity index is 784. The first-order valence-corrected chi connectivity index (χ1v) is 13.1. The lowest BCUT2D eigenvalue weighted by molar-refractivity contribution is -0.873. The minimum atomic E-state index is -4.38. The summed E-state index contributed by atoms with van der Waals surface area (Å²) < 4.78 is 39.6. The number of hydrogen-bond acceptors (Lipinski definition) is 8. The molecular formula is C23H42NO10P. The van der Waals surface area contributed by atoms with Gasteiger partial charge in [0, 0.05) is 18.2 Å². The number of aliphatic carboxylic acids is 1. The summed E-state index contributed by atoms with van der Waals surface area (Å²) >= 11 is 0. The Balaban J connectivity index is 0.0000116. The van der Waals surface area contributed by atoms with Crippen LogP contribution in [0.25, 0.3) is 0 Å². The van der Waals surface area contributed by atoms with Gasteiger partial charge in [-0.2, -0.15) is 0 Å². The highest BCUT2D eigenvalue weighted by Crippen LogP contribution is 2.45. The third kappa shape index (κ3) is 16.4. The topological polar surface area (TPSA) is 151 Å². The number of rotatable bonds is 19. The molecular weight excluding hydrogens is 481 g/mol. The summed E-state index contributed by atoms with van der Waals surface area (Å²) in [7, 11) is 2.71. The molecule has 0 radical (unpaired) electrons. The fourth-order valence-electron chi connectivity index (χ4n) is 3.11. The number of carboxylic acid groups (broad SMARTS) is 1. The molecule has 12 heteroatoms. The van der Waals surface area contributed by atoms with E-state index in [-0.39, 0.29) is 25.0 Å². The Kier molecular flexibility index (Phi) is 15.8. The third-order valence-electron chi connectivity index (χ3n) is 4.60. The Morgan fingerprint density at radius 3 is 1.97 bits per heavy atom. The smallest absolute Gasteiger partial charge is 0.472 e. The number of nitrogens with zero attached hydrogens (tertiary/aromatic N) is 1. The fourth-order valence-corrected chi connectivity index (χ4v) is 4.04. The van der Waals surface area contributed by atoms with E-state index in [0.717, 1.165) is 19.3 Å². The number of phosphoric acid groups is 1. The predicted octanol–water partition coefficient (Wildman–Crippen LogP) is 3.93. The summed E-state index contributed by atoms with van der Waals surface area (Å²) in [5.74, 6) is 0.813. The summed E-state index contributed by atoms with van der Waals surface area (Å²) in [5, 5.41) is 9.03. The van der Waals surface area contributed by atoms with Crippen molar-refractivity contribution in [1.29, 1.82) is 0 Å². The summed E-state index contributed by atoms with van der Waals surface area (Å²) in [6.45, 7) is 3.36. The quantitative estimate of drug-likeness (QED) is 0.155. The second-order valence-electron chi connectivity index (χ2n) is 9.06. The first kappa shape index (κ1) is 33.1. The van der Waals surface area contributed by atoms with E-state index in [0.29, 0.717) is 47.8 Å². The average Bonchev–Trinajstić information content (AvgIpc) is 2.71. The van der Waals surface area contributed by atoms with E-state index >= 15 is 0 Å². The number of unbranched alkanes of at least 4 members (excludes halogenated alkanes) is 3. The minimum Gasteiger partial charge on any atom is -0.870 e. The van der Waals surface area contributed by atoms with Crippen molar-refractivity contribution < 1.29 is 52.6 Å². The maximum Gasteiger partial charge on any atom is 0.472 e. The van der Waals surface area contributed by atoms with Crippen molar-refractivity contribution in [3.05, 3.63) is 18.2 Å². The highest BCUT2D eigenvalue weighted by molar-refractivity contribution is 7.47. The third-order valence-corrected chi connectivity index (χ3v) is 5.68. The van der Waals surface area contributed by atoms with Crippen LogP contribution >= 0.6 is 7.82 Å². The van der Waals surface area contributed by atoms with E-state index in [9.17, 15) is 14.3 Å². The van der Waals surface area contributed by atoms with Gasteiger partial charge in [-0.25, -0.2) is 4.57 Å². The lowest BCUT2D eigenvalue weighted by atomic mass is 10.2. The van der Waals surface area contributed by atoms with Gasteiger partial charge in [-0.1, -0.05) is 19.8 Å². The Morgan fingerprint density at radius 1 is 0.971 bits per heavy atom. The van der Waals surface area contributed by atoms with Crippen molar-refractivity contribution in [2.75, 3.05) is 54.6 Å². The Hall–Kier alpha value is -1.88. The maximum absolute atomic E-state index is 12.2. The van der Waals surface area contributed by atoms with Gasteiger partial charge in [0.05, 0.1) is 54.5 Å². The second-order valence-corrected chi connectivity index (χ2v) is 10.5. The molecule has 1 rings (SSSR count). The van der Waals surface area contributed by atoms with Gasteiger partial charge in [0.2, 0.25) is 0 Å².